The van der Waals surface area contributed by atoms with Crippen LogP contribution in [0.5, 0.6) is 5.75 Å². The van der Waals surface area contributed by atoms with Gasteiger partial charge in [0.2, 0.25) is 0 Å². The monoisotopic (exact) mass is 366 g/mol. The van der Waals surface area contributed by atoms with E-state index in [2.05, 4.69) is 4.90 Å². The predicted molar refractivity (Wildman–Crippen MR) is 101 cm³/mol. The quantitative estimate of drug-likeness (QED) is 0.873. The lowest BCUT2D eigenvalue weighted by atomic mass is 10.0. The first kappa shape index (κ1) is 17.5. The summed E-state index contributed by atoms with van der Waals surface area (Å²) in [7, 11) is 0. The van der Waals surface area contributed by atoms with E-state index < -0.39 is 5.97 Å². The number of piperazine rings is 1. The molecule has 6 nitrogen and oxygen atoms in total. The molecule has 1 atom stereocenters. The van der Waals surface area contributed by atoms with Gasteiger partial charge in [-0.1, -0.05) is 18.2 Å². The van der Waals surface area contributed by atoms with Crippen LogP contribution in [0.1, 0.15) is 33.6 Å². The van der Waals surface area contributed by atoms with Crippen LogP contribution in [0, 0.1) is 0 Å². The molecule has 0 radical (unpaired) electrons. The molecule has 2 aliphatic heterocycles. The molecule has 0 unspecified atom stereocenters. The van der Waals surface area contributed by atoms with E-state index in [9.17, 15) is 14.7 Å². The zero-order valence-corrected chi connectivity index (χ0v) is 15.0. The first-order valence-corrected chi connectivity index (χ1v) is 9.23. The normalized spacial score (nSPS) is 19.7. The Morgan fingerprint density at radius 2 is 1.70 bits per heavy atom. The number of carboxylic acid groups (broad SMARTS) is 1. The SMILES string of the molecule is O=C(O)c1cc(-c2ccc(C(=O)N3CCN4CCC[C@H]4C3)cc2)ccc1O. The highest BCUT2D eigenvalue weighted by atomic mass is 16.4. The van der Waals surface area contributed by atoms with Crippen molar-refractivity contribution < 1.29 is 19.8 Å². The first-order valence-electron chi connectivity index (χ1n) is 9.23. The molecule has 6 heteroatoms. The summed E-state index contributed by atoms with van der Waals surface area (Å²) in [5.41, 5.74) is 1.99. The Labute approximate surface area is 157 Å². The van der Waals surface area contributed by atoms with Crippen LogP contribution in [0.15, 0.2) is 42.5 Å². The van der Waals surface area contributed by atoms with Gasteiger partial charge in [-0.2, -0.15) is 0 Å². The van der Waals surface area contributed by atoms with Crippen LogP contribution in [-0.4, -0.2) is 64.1 Å². The molecule has 0 bridgehead atoms. The second kappa shape index (κ2) is 7.04. The molecule has 0 aliphatic carbocycles. The molecule has 27 heavy (non-hydrogen) atoms. The molecule has 2 saturated heterocycles. The number of fused-ring (bicyclic) bond motifs is 1. The number of carboxylic acids is 1. The summed E-state index contributed by atoms with van der Waals surface area (Å²) in [6.07, 6.45) is 2.38. The Bertz CT molecular complexity index is 878. The average Bonchev–Trinajstić information content (AvgIpc) is 3.15. The summed E-state index contributed by atoms with van der Waals surface area (Å²) in [6, 6.07) is 12.2. The third kappa shape index (κ3) is 3.40. The molecule has 2 fully saturated rings. The minimum Gasteiger partial charge on any atom is -0.507 e. The molecule has 4 rings (SSSR count). The summed E-state index contributed by atoms with van der Waals surface area (Å²) >= 11 is 0. The van der Waals surface area contributed by atoms with Gasteiger partial charge in [-0.25, -0.2) is 4.79 Å². The standard InChI is InChI=1S/C21H22N2O4/c24-19-8-7-16(12-18(19)21(26)27)14-3-5-15(6-4-14)20(25)23-11-10-22-9-1-2-17(22)13-23/h3-8,12,17,24H,1-2,9-11,13H2,(H,26,27)/t17-/m0/s1. The van der Waals surface area contributed by atoms with E-state index >= 15 is 0 Å². The molecular weight excluding hydrogens is 344 g/mol. The van der Waals surface area contributed by atoms with Crippen molar-refractivity contribution in [2.75, 3.05) is 26.2 Å². The lowest BCUT2D eigenvalue weighted by molar-refractivity contribution is 0.0571. The van der Waals surface area contributed by atoms with Gasteiger partial charge in [0.05, 0.1) is 0 Å². The molecule has 0 spiro atoms. The molecule has 2 aromatic rings. The number of amides is 1. The molecule has 2 N–H and O–H groups in total. The maximum Gasteiger partial charge on any atom is 0.339 e. The van der Waals surface area contributed by atoms with E-state index in [1.807, 2.05) is 17.0 Å². The highest BCUT2D eigenvalue weighted by molar-refractivity contribution is 5.95. The summed E-state index contributed by atoms with van der Waals surface area (Å²) in [5.74, 6) is -1.39. The van der Waals surface area contributed by atoms with Crippen LogP contribution in [0.25, 0.3) is 11.1 Å². The zero-order valence-electron chi connectivity index (χ0n) is 15.0. The highest BCUT2D eigenvalue weighted by Gasteiger charge is 2.32. The molecule has 1 amide bonds. The minimum absolute atomic E-state index is 0.0463. The van der Waals surface area contributed by atoms with E-state index in [-0.39, 0.29) is 17.2 Å². The van der Waals surface area contributed by atoms with E-state index in [4.69, 9.17) is 5.11 Å². The van der Waals surface area contributed by atoms with Crippen molar-refractivity contribution in [1.82, 2.24) is 9.80 Å². The fourth-order valence-electron chi connectivity index (χ4n) is 4.05. The van der Waals surface area contributed by atoms with Gasteiger partial charge in [0.25, 0.3) is 5.91 Å². The molecule has 0 aromatic heterocycles. The van der Waals surface area contributed by atoms with Crippen molar-refractivity contribution in [2.45, 2.75) is 18.9 Å². The topological polar surface area (TPSA) is 81.1 Å². The average molecular weight is 366 g/mol. The van der Waals surface area contributed by atoms with Crippen molar-refractivity contribution in [3.05, 3.63) is 53.6 Å². The zero-order chi connectivity index (χ0) is 19.0. The number of hydrogen-bond acceptors (Lipinski definition) is 4. The van der Waals surface area contributed by atoms with Crippen molar-refractivity contribution in [3.63, 3.8) is 0 Å². The fraction of sp³-hybridized carbons (Fsp3) is 0.333. The van der Waals surface area contributed by atoms with Gasteiger partial charge in [-0.15, -0.1) is 0 Å². The van der Waals surface area contributed by atoms with E-state index in [1.54, 1.807) is 18.2 Å². The van der Waals surface area contributed by atoms with Crippen molar-refractivity contribution in [1.29, 1.82) is 0 Å². The van der Waals surface area contributed by atoms with Crippen LogP contribution in [0.3, 0.4) is 0 Å². The molecule has 2 aromatic carbocycles. The summed E-state index contributed by atoms with van der Waals surface area (Å²) in [6.45, 7) is 3.64. The van der Waals surface area contributed by atoms with Gasteiger partial charge in [0.1, 0.15) is 11.3 Å². The Hall–Kier alpha value is -2.86. The van der Waals surface area contributed by atoms with Crippen molar-refractivity contribution in [3.8, 4) is 16.9 Å². The molecule has 2 aliphatic rings. The van der Waals surface area contributed by atoms with Gasteiger partial charge < -0.3 is 15.1 Å². The lowest BCUT2D eigenvalue weighted by Crippen LogP contribution is -2.52. The van der Waals surface area contributed by atoms with E-state index in [1.165, 1.54) is 18.6 Å². The second-order valence-electron chi connectivity index (χ2n) is 7.20. The maximum absolute atomic E-state index is 12.8. The Morgan fingerprint density at radius 1 is 0.963 bits per heavy atom. The number of benzene rings is 2. The Morgan fingerprint density at radius 3 is 2.44 bits per heavy atom. The molecule has 0 saturated carbocycles. The van der Waals surface area contributed by atoms with Crippen LogP contribution in [0.4, 0.5) is 0 Å². The van der Waals surface area contributed by atoms with Crippen LogP contribution < -0.4 is 0 Å². The third-order valence-corrected chi connectivity index (χ3v) is 5.57. The molecule has 2 heterocycles. The van der Waals surface area contributed by atoms with E-state index in [0.717, 1.165) is 38.2 Å². The van der Waals surface area contributed by atoms with Crippen LogP contribution >= 0.6 is 0 Å². The van der Waals surface area contributed by atoms with Crippen molar-refractivity contribution in [2.24, 2.45) is 0 Å². The number of aromatic carboxylic acids is 1. The Balaban J connectivity index is 1.51. The lowest BCUT2D eigenvalue weighted by Gasteiger charge is -2.37. The number of hydrogen-bond donors (Lipinski definition) is 2. The highest BCUT2D eigenvalue weighted by Crippen LogP contribution is 2.27. The van der Waals surface area contributed by atoms with Gasteiger partial charge in [0, 0.05) is 31.2 Å². The fourth-order valence-corrected chi connectivity index (χ4v) is 4.05. The molecular formula is C21H22N2O4. The predicted octanol–water partition coefficient (Wildman–Crippen LogP) is 2.68. The molecule has 140 valence electrons. The number of carbonyl (C=O) groups is 2. The van der Waals surface area contributed by atoms with Crippen molar-refractivity contribution >= 4 is 11.9 Å². The van der Waals surface area contributed by atoms with Gasteiger partial charge >= 0.3 is 5.97 Å². The number of rotatable bonds is 3. The summed E-state index contributed by atoms with van der Waals surface area (Å²) < 4.78 is 0. The number of nitrogens with zero attached hydrogens (tertiary/aromatic N) is 2. The van der Waals surface area contributed by atoms with Gasteiger partial charge in [-0.05, 0) is 54.8 Å². The third-order valence-electron chi connectivity index (χ3n) is 5.57. The second-order valence-corrected chi connectivity index (χ2v) is 7.20. The van der Waals surface area contributed by atoms with Gasteiger partial charge in [0.15, 0.2) is 0 Å². The maximum atomic E-state index is 12.8. The first-order chi connectivity index (χ1) is 13.0. The smallest absolute Gasteiger partial charge is 0.339 e. The number of phenols is 1. The van der Waals surface area contributed by atoms with Crippen LogP contribution in [0.2, 0.25) is 0 Å². The van der Waals surface area contributed by atoms with Gasteiger partial charge in [-0.3, -0.25) is 9.69 Å². The largest absolute Gasteiger partial charge is 0.507 e. The Kier molecular flexibility index (Phi) is 4.58. The summed E-state index contributed by atoms with van der Waals surface area (Å²) in [4.78, 5) is 28.4. The summed E-state index contributed by atoms with van der Waals surface area (Å²) in [5, 5.41) is 18.8. The minimum atomic E-state index is -1.17. The van der Waals surface area contributed by atoms with E-state index in [0.29, 0.717) is 17.2 Å². The van der Waals surface area contributed by atoms with Crippen LogP contribution in [-0.2, 0) is 0 Å². The number of carbonyl (C=O) groups excluding carboxylic acids is 1. The number of aromatic hydroxyl groups is 1.